The molecule has 0 atom stereocenters. The van der Waals surface area contributed by atoms with Gasteiger partial charge in [-0.15, -0.1) is 0 Å². The second-order valence-electron chi connectivity index (χ2n) is 4.84. The number of ether oxygens (including phenoxy) is 1. The lowest BCUT2D eigenvalue weighted by Gasteiger charge is -2.41. The molecule has 0 aromatic rings. The van der Waals surface area contributed by atoms with Crippen LogP contribution in [0.4, 0.5) is 48.3 Å². The van der Waals surface area contributed by atoms with Gasteiger partial charge in [-0.2, -0.15) is 48.3 Å². The molecule has 0 N–H and O–H groups in total. The normalized spacial score (nSPS) is 18.7. The molecule has 24 heavy (non-hydrogen) atoms. The number of hydrogen-bond acceptors (Lipinski definition) is 2. The van der Waals surface area contributed by atoms with Gasteiger partial charge >= 0.3 is 29.9 Å². The van der Waals surface area contributed by atoms with Crippen LogP contribution in [0.25, 0.3) is 0 Å². The van der Waals surface area contributed by atoms with E-state index in [1.54, 1.807) is 0 Å². The Labute approximate surface area is 127 Å². The summed E-state index contributed by atoms with van der Waals surface area (Å²) in [4.78, 5) is 0.346. The highest BCUT2D eigenvalue weighted by Crippen LogP contribution is 2.58. The Morgan fingerprint density at radius 3 is 1.50 bits per heavy atom. The molecule has 1 saturated heterocycles. The summed E-state index contributed by atoms with van der Waals surface area (Å²) in [6.45, 7) is 0.875. The van der Waals surface area contributed by atoms with Crippen molar-refractivity contribution in [2.75, 3.05) is 26.3 Å². The highest BCUT2D eigenvalue weighted by atomic mass is 19.4. The molecule has 0 spiro atoms. The Kier molecular flexibility index (Phi) is 5.12. The van der Waals surface area contributed by atoms with E-state index in [1.807, 2.05) is 0 Å². The topological polar surface area (TPSA) is 12.5 Å². The van der Waals surface area contributed by atoms with Crippen LogP contribution in [-0.2, 0) is 4.74 Å². The molecule has 0 amide bonds. The van der Waals surface area contributed by atoms with Gasteiger partial charge in [0.15, 0.2) is 0 Å². The molecule has 13 heteroatoms. The summed E-state index contributed by atoms with van der Waals surface area (Å²) in [5, 5.41) is 0. The van der Waals surface area contributed by atoms with E-state index in [9.17, 15) is 48.3 Å². The maximum atomic E-state index is 13.7. The van der Waals surface area contributed by atoms with Crippen molar-refractivity contribution in [2.45, 2.75) is 29.9 Å². The molecule has 142 valence electrons. The smallest absolute Gasteiger partial charge is 0.378 e. The average molecular weight is 381 g/mol. The average Bonchev–Trinajstić information content (AvgIpc) is 2.45. The lowest BCUT2D eigenvalue weighted by atomic mass is 9.96. The summed E-state index contributed by atoms with van der Waals surface area (Å²) >= 11 is 0. The lowest BCUT2D eigenvalue weighted by Crippen LogP contribution is -2.67. The van der Waals surface area contributed by atoms with Crippen LogP contribution < -0.4 is 0 Å². The molecule has 0 bridgehead atoms. The van der Waals surface area contributed by atoms with Crippen LogP contribution in [0.5, 0.6) is 0 Å². The summed E-state index contributed by atoms with van der Waals surface area (Å²) in [6, 6.07) is 0. The van der Waals surface area contributed by atoms with Gasteiger partial charge in [0.25, 0.3) is 0 Å². The van der Waals surface area contributed by atoms with Crippen LogP contribution >= 0.6 is 0 Å². The quantitative estimate of drug-likeness (QED) is 0.670. The first-order valence-electron chi connectivity index (χ1n) is 6.12. The zero-order valence-electron chi connectivity index (χ0n) is 11.5. The van der Waals surface area contributed by atoms with Crippen LogP contribution in [0.2, 0.25) is 0 Å². The number of rotatable bonds is 5. The van der Waals surface area contributed by atoms with Crippen molar-refractivity contribution in [1.82, 2.24) is 4.90 Å². The summed E-state index contributed by atoms with van der Waals surface area (Å²) in [5.74, 6) is -27.9. The standard InChI is InChI=1S/C11H10F11NO/c1-6(23-2-4-24-5-3-23)7(12,13)8(14,15)9(16,17)10(18,19)11(20,21)22/h1-5H2. The largest absolute Gasteiger partial charge is 0.460 e. The molecule has 0 aromatic carbocycles. The molecule has 0 saturated carbocycles. The van der Waals surface area contributed by atoms with E-state index in [-0.39, 0.29) is 13.2 Å². The van der Waals surface area contributed by atoms with Gasteiger partial charge in [-0.1, -0.05) is 6.58 Å². The van der Waals surface area contributed by atoms with E-state index in [1.165, 1.54) is 0 Å². The van der Waals surface area contributed by atoms with Crippen molar-refractivity contribution in [3.63, 3.8) is 0 Å². The van der Waals surface area contributed by atoms with E-state index in [4.69, 9.17) is 0 Å². The molecule has 1 aliphatic heterocycles. The van der Waals surface area contributed by atoms with Crippen LogP contribution in [0.1, 0.15) is 0 Å². The van der Waals surface area contributed by atoms with Crippen LogP contribution in [0.3, 0.4) is 0 Å². The van der Waals surface area contributed by atoms with Gasteiger partial charge in [-0.05, 0) is 0 Å². The third kappa shape index (κ3) is 2.90. The Hall–Kier alpha value is -1.27. The molecule has 1 rings (SSSR count). The van der Waals surface area contributed by atoms with Gasteiger partial charge in [-0.25, -0.2) is 0 Å². The molecule has 0 aromatic heterocycles. The predicted molar refractivity (Wildman–Crippen MR) is 57.4 cm³/mol. The molecule has 1 aliphatic rings. The third-order valence-corrected chi connectivity index (χ3v) is 3.29. The molecular formula is C11H10F11NO. The zero-order valence-corrected chi connectivity index (χ0v) is 11.5. The van der Waals surface area contributed by atoms with Crippen molar-refractivity contribution in [2.24, 2.45) is 0 Å². The molecule has 0 radical (unpaired) electrons. The first-order chi connectivity index (χ1) is 10.5. The minimum absolute atomic E-state index is 0.282. The maximum absolute atomic E-state index is 13.7. The Bertz CT molecular complexity index is 479. The molecular weight excluding hydrogens is 371 g/mol. The number of alkyl halides is 11. The van der Waals surface area contributed by atoms with E-state index in [0.29, 0.717) is 4.90 Å². The fourth-order valence-corrected chi connectivity index (χ4v) is 1.79. The summed E-state index contributed by atoms with van der Waals surface area (Å²) < 4.78 is 146. The van der Waals surface area contributed by atoms with E-state index in [2.05, 4.69) is 11.3 Å². The van der Waals surface area contributed by atoms with Crippen molar-refractivity contribution in [3.05, 3.63) is 12.3 Å². The second-order valence-corrected chi connectivity index (χ2v) is 4.84. The van der Waals surface area contributed by atoms with Gasteiger partial charge in [0.1, 0.15) is 0 Å². The van der Waals surface area contributed by atoms with E-state index >= 15 is 0 Å². The van der Waals surface area contributed by atoms with Crippen LogP contribution in [0, 0.1) is 0 Å². The Morgan fingerprint density at radius 2 is 1.12 bits per heavy atom. The Balaban J connectivity index is 3.26. The first-order valence-corrected chi connectivity index (χ1v) is 6.12. The minimum atomic E-state index is -7.42. The van der Waals surface area contributed by atoms with Gasteiger partial charge < -0.3 is 9.64 Å². The van der Waals surface area contributed by atoms with E-state index < -0.39 is 48.7 Å². The summed E-state index contributed by atoms with van der Waals surface area (Å²) in [7, 11) is 0. The minimum Gasteiger partial charge on any atom is -0.378 e. The third-order valence-electron chi connectivity index (χ3n) is 3.29. The number of nitrogens with zero attached hydrogens (tertiary/aromatic N) is 1. The number of hydrogen-bond donors (Lipinski definition) is 0. The van der Waals surface area contributed by atoms with Crippen LogP contribution in [-0.4, -0.2) is 61.1 Å². The maximum Gasteiger partial charge on any atom is 0.460 e. The van der Waals surface area contributed by atoms with Crippen molar-refractivity contribution >= 4 is 0 Å². The summed E-state index contributed by atoms with van der Waals surface area (Å²) in [6.07, 6.45) is -7.17. The predicted octanol–water partition coefficient (Wildman–Crippen LogP) is 3.94. The van der Waals surface area contributed by atoms with Gasteiger partial charge in [0.05, 0.1) is 18.9 Å². The number of morpholine rings is 1. The van der Waals surface area contributed by atoms with Crippen molar-refractivity contribution < 1.29 is 53.0 Å². The molecule has 1 heterocycles. The highest BCUT2D eigenvalue weighted by molar-refractivity contribution is 5.19. The highest BCUT2D eigenvalue weighted by Gasteiger charge is 2.87. The molecule has 0 unspecified atom stereocenters. The fraction of sp³-hybridized carbons (Fsp3) is 0.818. The Morgan fingerprint density at radius 1 is 0.708 bits per heavy atom. The lowest BCUT2D eigenvalue weighted by molar-refractivity contribution is -0.419. The SMILES string of the molecule is C=C(N1CCOCC1)C(F)(F)C(F)(F)C(F)(F)C(F)(F)C(F)(F)F. The molecule has 2 nitrogen and oxygen atoms in total. The zero-order chi connectivity index (χ0) is 19.2. The van der Waals surface area contributed by atoms with Gasteiger partial charge in [0.2, 0.25) is 0 Å². The van der Waals surface area contributed by atoms with Gasteiger partial charge in [0, 0.05) is 13.1 Å². The number of halogens is 11. The summed E-state index contributed by atoms with van der Waals surface area (Å²) in [5.41, 5.74) is -2.01. The van der Waals surface area contributed by atoms with Crippen molar-refractivity contribution in [3.8, 4) is 0 Å². The first kappa shape index (κ1) is 20.8. The van der Waals surface area contributed by atoms with Crippen LogP contribution in [0.15, 0.2) is 12.3 Å². The second kappa shape index (κ2) is 5.92. The fourth-order valence-electron chi connectivity index (χ4n) is 1.79. The van der Waals surface area contributed by atoms with E-state index in [0.717, 1.165) is 0 Å². The monoisotopic (exact) mass is 381 g/mol. The van der Waals surface area contributed by atoms with Gasteiger partial charge in [-0.3, -0.25) is 0 Å². The number of allylic oxidation sites excluding steroid dienone is 1. The molecule has 0 aliphatic carbocycles. The van der Waals surface area contributed by atoms with Crippen molar-refractivity contribution in [1.29, 1.82) is 0 Å². The molecule has 1 fully saturated rings.